The van der Waals surface area contributed by atoms with E-state index in [2.05, 4.69) is 15.3 Å². The Morgan fingerprint density at radius 3 is 2.95 bits per heavy atom. The second kappa shape index (κ2) is 6.69. The van der Waals surface area contributed by atoms with Crippen LogP contribution in [0, 0.1) is 0 Å². The Hall–Kier alpha value is -2.63. The molecule has 2 aromatic rings. The highest BCUT2D eigenvalue weighted by Gasteiger charge is 2.09. The van der Waals surface area contributed by atoms with E-state index >= 15 is 0 Å². The molecule has 0 saturated heterocycles. The first-order valence-electron chi connectivity index (χ1n) is 6.72. The molecule has 0 saturated carbocycles. The number of nitrogens with zero attached hydrogens (tertiary/aromatic N) is 1. The number of amides is 1. The van der Waals surface area contributed by atoms with Crippen molar-refractivity contribution in [2.24, 2.45) is 0 Å². The van der Waals surface area contributed by atoms with E-state index in [1.807, 2.05) is 13.8 Å². The summed E-state index contributed by atoms with van der Waals surface area (Å²) in [6.07, 6.45) is 2.34. The lowest BCUT2D eigenvalue weighted by atomic mass is 10.2. The minimum Gasteiger partial charge on any atom is -0.475 e. The third-order valence-electron chi connectivity index (χ3n) is 2.90. The van der Waals surface area contributed by atoms with Crippen LogP contribution in [-0.2, 0) is 0 Å². The first-order valence-corrected chi connectivity index (χ1v) is 6.72. The van der Waals surface area contributed by atoms with Crippen LogP contribution in [-0.4, -0.2) is 22.0 Å². The van der Waals surface area contributed by atoms with Crippen LogP contribution in [0.5, 0.6) is 5.88 Å². The summed E-state index contributed by atoms with van der Waals surface area (Å²) in [7, 11) is 0. The average molecular weight is 287 g/mol. The molecule has 0 aliphatic heterocycles. The lowest BCUT2D eigenvalue weighted by molar-refractivity contribution is 0.102. The fourth-order valence-corrected chi connectivity index (χ4v) is 1.61. The zero-order chi connectivity index (χ0) is 15.2. The highest BCUT2D eigenvalue weighted by molar-refractivity contribution is 6.03. The van der Waals surface area contributed by atoms with Crippen molar-refractivity contribution < 1.29 is 9.53 Å². The molecule has 0 bridgehead atoms. The van der Waals surface area contributed by atoms with Crippen LogP contribution in [0.4, 0.5) is 5.82 Å². The fraction of sp³-hybridized carbons (Fsp3) is 0.267. The van der Waals surface area contributed by atoms with Crippen molar-refractivity contribution >= 4 is 11.7 Å². The summed E-state index contributed by atoms with van der Waals surface area (Å²) in [5.41, 5.74) is -0.0572. The lowest BCUT2D eigenvalue weighted by Gasteiger charge is -2.12. The number of carbonyl (C=O) groups is 1. The van der Waals surface area contributed by atoms with Gasteiger partial charge >= 0.3 is 0 Å². The molecule has 0 fully saturated rings. The number of rotatable bonds is 5. The molecule has 2 rings (SSSR count). The van der Waals surface area contributed by atoms with E-state index in [4.69, 9.17) is 4.74 Å². The Bertz CT molecular complexity index is 682. The van der Waals surface area contributed by atoms with Crippen LogP contribution in [0.15, 0.2) is 41.3 Å². The third-order valence-corrected chi connectivity index (χ3v) is 2.90. The maximum atomic E-state index is 12.0. The molecule has 2 aromatic heterocycles. The van der Waals surface area contributed by atoms with Gasteiger partial charge in [-0.1, -0.05) is 13.0 Å². The van der Waals surface area contributed by atoms with Crippen molar-refractivity contribution in [2.45, 2.75) is 26.4 Å². The maximum absolute atomic E-state index is 12.0. The molecular formula is C15H17N3O3. The third kappa shape index (κ3) is 4.17. The Labute approximate surface area is 122 Å². The van der Waals surface area contributed by atoms with E-state index < -0.39 is 5.91 Å². The smallest absolute Gasteiger partial charge is 0.257 e. The normalized spacial score (nSPS) is 11.7. The van der Waals surface area contributed by atoms with Crippen molar-refractivity contribution in [3.8, 4) is 5.88 Å². The Morgan fingerprint density at radius 1 is 1.43 bits per heavy atom. The van der Waals surface area contributed by atoms with Gasteiger partial charge < -0.3 is 15.0 Å². The molecular weight excluding hydrogens is 270 g/mol. The van der Waals surface area contributed by atoms with Gasteiger partial charge in [-0.15, -0.1) is 0 Å². The van der Waals surface area contributed by atoms with Gasteiger partial charge in [0.05, 0.1) is 6.10 Å². The summed E-state index contributed by atoms with van der Waals surface area (Å²) in [4.78, 5) is 29.9. The number of nitrogens with one attached hydrogen (secondary N) is 2. The van der Waals surface area contributed by atoms with Crippen LogP contribution in [0.2, 0.25) is 0 Å². The van der Waals surface area contributed by atoms with E-state index in [1.54, 1.807) is 18.2 Å². The highest BCUT2D eigenvalue weighted by Crippen LogP contribution is 2.14. The van der Waals surface area contributed by atoms with Crippen molar-refractivity contribution in [3.63, 3.8) is 0 Å². The predicted molar refractivity (Wildman–Crippen MR) is 79.6 cm³/mol. The van der Waals surface area contributed by atoms with E-state index in [0.29, 0.717) is 11.7 Å². The van der Waals surface area contributed by atoms with Crippen molar-refractivity contribution in [1.82, 2.24) is 9.97 Å². The molecule has 110 valence electrons. The van der Waals surface area contributed by atoms with Crippen LogP contribution >= 0.6 is 0 Å². The summed E-state index contributed by atoms with van der Waals surface area (Å²) >= 11 is 0. The van der Waals surface area contributed by atoms with Crippen LogP contribution in [0.3, 0.4) is 0 Å². The number of hydrogen-bond donors (Lipinski definition) is 2. The first-order chi connectivity index (χ1) is 10.1. The average Bonchev–Trinajstić information content (AvgIpc) is 2.47. The Morgan fingerprint density at radius 2 is 2.24 bits per heavy atom. The molecule has 0 radical (unpaired) electrons. The molecule has 2 N–H and O–H groups in total. The van der Waals surface area contributed by atoms with Crippen molar-refractivity contribution in [2.75, 3.05) is 5.32 Å². The van der Waals surface area contributed by atoms with Crippen molar-refractivity contribution in [1.29, 1.82) is 0 Å². The molecule has 0 aliphatic rings. The van der Waals surface area contributed by atoms with Gasteiger partial charge in [0, 0.05) is 23.9 Å². The van der Waals surface area contributed by atoms with Crippen LogP contribution < -0.4 is 15.6 Å². The van der Waals surface area contributed by atoms with Gasteiger partial charge in [0.25, 0.3) is 5.91 Å². The van der Waals surface area contributed by atoms with Gasteiger partial charge in [-0.05, 0) is 25.5 Å². The van der Waals surface area contributed by atoms with Gasteiger partial charge in [0.15, 0.2) is 0 Å². The number of H-pyrrole nitrogens is 1. The molecule has 1 amide bonds. The van der Waals surface area contributed by atoms with Gasteiger partial charge in [0.1, 0.15) is 5.82 Å². The SMILES string of the molecule is CCC(C)Oc1cccc(NC(=O)c2cc[nH]c(=O)c2)n1. The number of pyridine rings is 2. The molecule has 6 heteroatoms. The predicted octanol–water partition coefficient (Wildman–Crippen LogP) is 2.20. The lowest BCUT2D eigenvalue weighted by Crippen LogP contribution is -2.17. The number of anilines is 1. The number of aromatic amines is 1. The van der Waals surface area contributed by atoms with E-state index in [0.717, 1.165) is 6.42 Å². The minimum absolute atomic E-state index is 0.0520. The topological polar surface area (TPSA) is 84.1 Å². The van der Waals surface area contributed by atoms with Gasteiger partial charge in [0.2, 0.25) is 11.4 Å². The molecule has 0 spiro atoms. The van der Waals surface area contributed by atoms with Gasteiger partial charge in [-0.2, -0.15) is 4.98 Å². The molecule has 0 aliphatic carbocycles. The number of hydrogen-bond acceptors (Lipinski definition) is 4. The zero-order valence-corrected chi connectivity index (χ0v) is 11.9. The summed E-state index contributed by atoms with van der Waals surface area (Å²) in [6.45, 7) is 3.96. The number of ether oxygens (including phenoxy) is 1. The molecule has 1 unspecified atom stereocenters. The second-order valence-electron chi connectivity index (χ2n) is 4.59. The summed E-state index contributed by atoms with van der Waals surface area (Å²) in [5, 5.41) is 2.63. The molecule has 2 heterocycles. The maximum Gasteiger partial charge on any atom is 0.257 e. The highest BCUT2D eigenvalue weighted by atomic mass is 16.5. The van der Waals surface area contributed by atoms with Crippen LogP contribution in [0.1, 0.15) is 30.6 Å². The van der Waals surface area contributed by atoms with E-state index in [-0.39, 0.29) is 17.2 Å². The molecule has 0 aromatic carbocycles. The van der Waals surface area contributed by atoms with Gasteiger partial charge in [-0.3, -0.25) is 9.59 Å². The Kier molecular flexibility index (Phi) is 4.71. The van der Waals surface area contributed by atoms with Gasteiger partial charge in [-0.25, -0.2) is 0 Å². The number of aromatic nitrogens is 2. The largest absolute Gasteiger partial charge is 0.475 e. The monoisotopic (exact) mass is 287 g/mol. The van der Waals surface area contributed by atoms with E-state index in [9.17, 15) is 9.59 Å². The van der Waals surface area contributed by atoms with Crippen molar-refractivity contribution in [3.05, 3.63) is 52.4 Å². The number of carbonyl (C=O) groups excluding carboxylic acids is 1. The quantitative estimate of drug-likeness (QED) is 0.883. The van der Waals surface area contributed by atoms with E-state index in [1.165, 1.54) is 18.3 Å². The second-order valence-corrected chi connectivity index (χ2v) is 4.59. The molecule has 1 atom stereocenters. The standard InChI is InChI=1S/C15H17N3O3/c1-3-10(2)21-14-6-4-5-12(17-14)18-15(20)11-7-8-16-13(19)9-11/h4-10H,3H2,1-2H3,(H,16,19)(H,17,18,20). The first kappa shape index (κ1) is 14.8. The zero-order valence-electron chi connectivity index (χ0n) is 11.9. The van der Waals surface area contributed by atoms with Crippen LogP contribution in [0.25, 0.3) is 0 Å². The molecule has 21 heavy (non-hydrogen) atoms. The fourth-order valence-electron chi connectivity index (χ4n) is 1.61. The minimum atomic E-state index is -0.394. The Balaban J connectivity index is 2.11. The summed E-state index contributed by atoms with van der Waals surface area (Å²) in [5.74, 6) is 0.434. The molecule has 6 nitrogen and oxygen atoms in total. The summed E-state index contributed by atoms with van der Waals surface area (Å²) in [6, 6.07) is 7.90. The summed E-state index contributed by atoms with van der Waals surface area (Å²) < 4.78 is 5.59.